The van der Waals surface area contributed by atoms with E-state index in [-0.39, 0.29) is 18.1 Å². The molecule has 0 radical (unpaired) electrons. The number of aliphatic imine (C=N–C) groups is 1. The van der Waals surface area contributed by atoms with Gasteiger partial charge in [0.05, 0.1) is 24.0 Å². The smallest absolute Gasteiger partial charge is 0.494 e. The van der Waals surface area contributed by atoms with Crippen molar-refractivity contribution in [3.63, 3.8) is 0 Å². The van der Waals surface area contributed by atoms with Gasteiger partial charge < -0.3 is 14.2 Å². The molecule has 4 aromatic rings. The SMILES string of the molecule is COC1=CC(c2cc3ccccc3n2C(=O)CC(C)(C)Cc2cccc(OP(=O)(O)O)c2)=N/C1=C/c1[nH]c(C)cc1C. The molecule has 0 saturated carbocycles. The molecule has 0 amide bonds. The third-order valence-electron chi connectivity index (χ3n) is 7.11. The van der Waals surface area contributed by atoms with Gasteiger partial charge in [0.15, 0.2) is 0 Å². The number of nitrogens with one attached hydrogen (secondary N) is 1. The van der Waals surface area contributed by atoms with Crippen LogP contribution in [0, 0.1) is 19.3 Å². The second kappa shape index (κ2) is 11.2. The van der Waals surface area contributed by atoms with Crippen molar-refractivity contribution in [1.29, 1.82) is 0 Å². The van der Waals surface area contributed by atoms with Gasteiger partial charge in [-0.05, 0) is 73.2 Å². The van der Waals surface area contributed by atoms with E-state index in [2.05, 4.69) is 11.1 Å². The van der Waals surface area contributed by atoms with Gasteiger partial charge in [0.25, 0.3) is 0 Å². The van der Waals surface area contributed by atoms with Crippen molar-refractivity contribution in [3.8, 4) is 5.75 Å². The van der Waals surface area contributed by atoms with Gasteiger partial charge in [-0.2, -0.15) is 0 Å². The number of hydrogen-bond acceptors (Lipinski definition) is 5. The van der Waals surface area contributed by atoms with Crippen LogP contribution in [0.2, 0.25) is 0 Å². The van der Waals surface area contributed by atoms with E-state index in [0.717, 1.165) is 33.4 Å². The monoisotopic (exact) mass is 587 g/mol. The Morgan fingerprint density at radius 3 is 2.55 bits per heavy atom. The summed E-state index contributed by atoms with van der Waals surface area (Å²) in [6, 6.07) is 18.4. The zero-order valence-electron chi connectivity index (χ0n) is 24.2. The highest BCUT2D eigenvalue weighted by molar-refractivity contribution is 7.46. The zero-order valence-corrected chi connectivity index (χ0v) is 25.1. The number of carbonyl (C=O) groups excluding carboxylic acids is 1. The summed E-state index contributed by atoms with van der Waals surface area (Å²) < 4.78 is 23.4. The number of phosphoric ester groups is 1. The van der Waals surface area contributed by atoms with Gasteiger partial charge in [0.2, 0.25) is 5.91 Å². The number of aromatic nitrogens is 2. The first-order valence-corrected chi connectivity index (χ1v) is 15.1. The lowest BCUT2D eigenvalue weighted by atomic mass is 9.82. The molecule has 2 aromatic heterocycles. The summed E-state index contributed by atoms with van der Waals surface area (Å²) in [4.78, 5) is 40.6. The van der Waals surface area contributed by atoms with Gasteiger partial charge >= 0.3 is 7.82 Å². The maximum Gasteiger partial charge on any atom is 0.524 e. The van der Waals surface area contributed by atoms with E-state index in [9.17, 15) is 19.1 Å². The van der Waals surface area contributed by atoms with E-state index >= 15 is 0 Å². The molecule has 3 N–H and O–H groups in total. The van der Waals surface area contributed by atoms with Crippen LogP contribution in [-0.4, -0.2) is 38.1 Å². The summed E-state index contributed by atoms with van der Waals surface area (Å²) in [5.74, 6) is 0.594. The maximum atomic E-state index is 14.0. The number of carbonyl (C=O) groups is 1. The molecule has 0 saturated heterocycles. The lowest BCUT2D eigenvalue weighted by Gasteiger charge is -2.25. The number of fused-ring (bicyclic) bond motifs is 1. The zero-order chi connectivity index (χ0) is 30.2. The second-order valence-electron chi connectivity index (χ2n) is 11.4. The third kappa shape index (κ3) is 6.49. The van der Waals surface area contributed by atoms with Crippen molar-refractivity contribution in [3.05, 3.63) is 106 Å². The maximum absolute atomic E-state index is 14.0. The first-order valence-electron chi connectivity index (χ1n) is 13.5. The molecule has 1 aliphatic rings. The number of hydrogen-bond donors (Lipinski definition) is 3. The van der Waals surface area contributed by atoms with E-state index in [4.69, 9.17) is 14.3 Å². The van der Waals surface area contributed by atoms with Crippen LogP contribution in [0.3, 0.4) is 0 Å². The number of para-hydroxylation sites is 1. The van der Waals surface area contributed by atoms with Crippen LogP contribution in [0.4, 0.5) is 0 Å². The molecule has 0 spiro atoms. The van der Waals surface area contributed by atoms with Crippen LogP contribution < -0.4 is 4.52 Å². The lowest BCUT2D eigenvalue weighted by molar-refractivity contribution is 0.0852. The van der Waals surface area contributed by atoms with Gasteiger partial charge in [-0.15, -0.1) is 0 Å². The van der Waals surface area contributed by atoms with Gasteiger partial charge in [-0.3, -0.25) is 19.1 Å². The minimum absolute atomic E-state index is 0.0789. The molecule has 0 bridgehead atoms. The summed E-state index contributed by atoms with van der Waals surface area (Å²) in [5, 5.41) is 0.921. The Morgan fingerprint density at radius 1 is 1.10 bits per heavy atom. The van der Waals surface area contributed by atoms with Crippen LogP contribution in [-0.2, 0) is 15.7 Å². The minimum Gasteiger partial charge on any atom is -0.494 e. The predicted octanol–water partition coefficient (Wildman–Crippen LogP) is 6.73. The van der Waals surface area contributed by atoms with Crippen LogP contribution in [0.25, 0.3) is 17.0 Å². The van der Waals surface area contributed by atoms with Crippen LogP contribution in [0.1, 0.15) is 53.3 Å². The number of phosphoric acid groups is 1. The van der Waals surface area contributed by atoms with Crippen LogP contribution >= 0.6 is 7.82 Å². The van der Waals surface area contributed by atoms with Crippen LogP contribution in [0.15, 0.2) is 83.2 Å². The number of rotatable bonds is 9. The first kappa shape index (κ1) is 29.3. The summed E-state index contributed by atoms with van der Waals surface area (Å²) in [6.07, 6.45) is 4.50. The molecular formula is C32H34N3O6P. The fourth-order valence-electron chi connectivity index (χ4n) is 5.41. The number of benzene rings is 2. The third-order valence-corrected chi connectivity index (χ3v) is 7.56. The average molecular weight is 588 g/mol. The summed E-state index contributed by atoms with van der Waals surface area (Å²) >= 11 is 0. The Balaban J connectivity index is 1.48. The largest absolute Gasteiger partial charge is 0.524 e. The second-order valence-corrected chi connectivity index (χ2v) is 12.5. The molecule has 0 unspecified atom stereocenters. The minimum atomic E-state index is -4.67. The molecule has 9 nitrogen and oxygen atoms in total. The van der Waals surface area contributed by atoms with E-state index in [1.807, 2.05) is 76.2 Å². The van der Waals surface area contributed by atoms with E-state index in [1.165, 1.54) is 6.07 Å². The number of nitrogens with zero attached hydrogens (tertiary/aromatic N) is 2. The van der Waals surface area contributed by atoms with E-state index in [0.29, 0.717) is 29.3 Å². The highest BCUT2D eigenvalue weighted by atomic mass is 31.2. The summed E-state index contributed by atoms with van der Waals surface area (Å²) in [5.41, 5.74) is 6.17. The predicted molar refractivity (Wildman–Crippen MR) is 164 cm³/mol. The molecule has 0 aliphatic carbocycles. The van der Waals surface area contributed by atoms with Gasteiger partial charge in [-0.25, -0.2) is 9.56 Å². The van der Waals surface area contributed by atoms with Crippen LogP contribution in [0.5, 0.6) is 5.75 Å². The van der Waals surface area contributed by atoms with Crippen molar-refractivity contribution in [2.75, 3.05) is 7.11 Å². The van der Waals surface area contributed by atoms with Crippen molar-refractivity contribution in [2.24, 2.45) is 10.4 Å². The first-order chi connectivity index (χ1) is 19.8. The highest BCUT2D eigenvalue weighted by Crippen LogP contribution is 2.38. The number of ether oxygens (including phenoxy) is 1. The van der Waals surface area contributed by atoms with E-state index in [1.54, 1.807) is 23.8 Å². The summed E-state index contributed by atoms with van der Waals surface area (Å²) in [6.45, 7) is 8.02. The molecule has 2 aromatic carbocycles. The molecule has 1 aliphatic heterocycles. The molecule has 0 atom stereocenters. The molecule has 3 heterocycles. The van der Waals surface area contributed by atoms with Crippen molar-refractivity contribution in [1.82, 2.24) is 9.55 Å². The van der Waals surface area contributed by atoms with Gasteiger partial charge in [0, 0.05) is 29.3 Å². The number of aryl methyl sites for hydroxylation is 2. The standard InChI is InChI=1S/C32H34N3O6P/c1-20-13-21(2)33-25(20)16-27-30(40-5)17-26(34-27)29-15-23-10-6-7-12-28(23)35(29)31(36)19-32(3,4)18-22-9-8-11-24(14-22)41-42(37,38)39/h6-17,33H,18-19H2,1-5H3,(H2,37,38,39)/b27-16+. The van der Waals surface area contributed by atoms with Gasteiger partial charge in [0.1, 0.15) is 17.2 Å². The Hall–Kier alpha value is -4.17. The molecule has 5 rings (SSSR count). The number of methoxy groups -OCH3 is 1. The lowest BCUT2D eigenvalue weighted by Crippen LogP contribution is -2.25. The summed E-state index contributed by atoms with van der Waals surface area (Å²) in [7, 11) is -3.07. The average Bonchev–Trinajstić information content (AvgIpc) is 3.56. The molecular weight excluding hydrogens is 553 g/mol. The number of aromatic amines is 1. The topological polar surface area (TPSA) is 126 Å². The van der Waals surface area contributed by atoms with Crippen molar-refractivity contribution < 1.29 is 28.4 Å². The number of H-pyrrole nitrogens is 1. The molecule has 0 fully saturated rings. The fourth-order valence-corrected chi connectivity index (χ4v) is 5.80. The van der Waals surface area contributed by atoms with Crippen molar-refractivity contribution in [2.45, 2.75) is 40.5 Å². The highest BCUT2D eigenvalue weighted by Gasteiger charge is 2.28. The Kier molecular flexibility index (Phi) is 7.86. The quantitative estimate of drug-likeness (QED) is 0.186. The fraction of sp³-hybridized carbons (Fsp3) is 0.250. The number of allylic oxidation sites excluding steroid dienone is 1. The molecule has 218 valence electrons. The van der Waals surface area contributed by atoms with Gasteiger partial charge in [-0.1, -0.05) is 44.2 Å². The molecule has 10 heteroatoms. The normalized spacial score (nSPS) is 14.8. The van der Waals surface area contributed by atoms with E-state index < -0.39 is 13.2 Å². The Morgan fingerprint density at radius 2 is 1.86 bits per heavy atom. The van der Waals surface area contributed by atoms with Crippen molar-refractivity contribution >= 4 is 36.4 Å². The Bertz CT molecular complexity index is 1820. The Labute approximate surface area is 244 Å². The molecule has 42 heavy (non-hydrogen) atoms.